The van der Waals surface area contributed by atoms with Gasteiger partial charge in [0.1, 0.15) is 6.10 Å². The summed E-state index contributed by atoms with van der Waals surface area (Å²) in [5.41, 5.74) is 0. The van der Waals surface area contributed by atoms with Crippen LogP contribution in [0.3, 0.4) is 0 Å². The molecule has 2 heteroatoms. The summed E-state index contributed by atoms with van der Waals surface area (Å²) in [7, 11) is 0. The quantitative estimate of drug-likeness (QED) is 0.599. The molecule has 0 atom stereocenters. The van der Waals surface area contributed by atoms with Crippen molar-refractivity contribution >= 4 is 5.97 Å². The van der Waals surface area contributed by atoms with Crippen molar-refractivity contribution in [2.24, 2.45) is 5.92 Å². The van der Waals surface area contributed by atoms with Gasteiger partial charge in [-0.3, -0.25) is 4.79 Å². The molecule has 0 aromatic rings. The van der Waals surface area contributed by atoms with Crippen molar-refractivity contribution in [2.45, 2.75) is 53.1 Å². The number of hydrogen-bond donors (Lipinski definition) is 0. The third kappa shape index (κ3) is 3.24. The van der Waals surface area contributed by atoms with E-state index in [1.54, 1.807) is 0 Å². The topological polar surface area (TPSA) is 26.3 Å². The Morgan fingerprint density at radius 2 is 1.83 bits per heavy atom. The Morgan fingerprint density at radius 3 is 2.25 bits per heavy atom. The van der Waals surface area contributed by atoms with Crippen LogP contribution in [0, 0.1) is 5.92 Å². The van der Waals surface area contributed by atoms with Crippen LogP contribution < -0.4 is 0 Å². The molecule has 0 aromatic carbocycles. The summed E-state index contributed by atoms with van der Waals surface area (Å²) in [6.07, 6.45) is 4.80. The Kier molecular flexibility index (Phi) is 4.95. The fraction of sp³-hybridized carbons (Fsp3) is 0.900. The van der Waals surface area contributed by atoms with Gasteiger partial charge in [0.2, 0.25) is 0 Å². The van der Waals surface area contributed by atoms with Gasteiger partial charge in [-0.25, -0.2) is 0 Å². The van der Waals surface area contributed by atoms with Gasteiger partial charge in [-0.1, -0.05) is 21.3 Å². The third-order valence-electron chi connectivity index (χ3n) is 2.06. The van der Waals surface area contributed by atoms with Gasteiger partial charge in [0.15, 0.2) is 0 Å². The van der Waals surface area contributed by atoms with Gasteiger partial charge in [-0.15, -0.1) is 0 Å². The number of ether oxygens (including phenoxy) is 1. The summed E-state index contributed by atoms with van der Waals surface area (Å²) >= 11 is 0. The molecule has 0 N–H and O–H groups in total. The largest absolute Gasteiger partial charge is 0.462 e. The Hall–Kier alpha value is -0.530. The first-order chi connectivity index (χ1) is 5.20. The molecule has 0 saturated heterocycles. The molecule has 2 nitrogen and oxygen atoms in total. The summed E-state index contributed by atoms with van der Waals surface area (Å²) in [5.74, 6) is -0.0208. The van der Waals surface area contributed by atoms with Crippen LogP contribution in [-0.2, 0) is 9.53 Å². The highest BCUT2D eigenvalue weighted by Crippen LogP contribution is 2.21. The highest BCUT2D eigenvalue weighted by molar-refractivity contribution is 5.71. The molecule has 0 aromatic heterocycles. The first-order valence-corrected chi connectivity index (χ1v) is 4.40. The SMILES string of the molecule is C.CC(C)C(=O)OC1CCCC1. The molecule has 0 amide bonds. The van der Waals surface area contributed by atoms with E-state index in [1.807, 2.05) is 13.8 Å². The van der Waals surface area contributed by atoms with Crippen molar-refractivity contribution < 1.29 is 9.53 Å². The maximum absolute atomic E-state index is 11.1. The summed E-state index contributed by atoms with van der Waals surface area (Å²) in [4.78, 5) is 11.1. The lowest BCUT2D eigenvalue weighted by Gasteiger charge is -2.12. The highest BCUT2D eigenvalue weighted by Gasteiger charge is 2.20. The van der Waals surface area contributed by atoms with Crippen molar-refractivity contribution in [1.82, 2.24) is 0 Å². The predicted molar refractivity (Wildman–Crippen MR) is 49.9 cm³/mol. The van der Waals surface area contributed by atoms with Gasteiger partial charge in [-0.05, 0) is 25.7 Å². The van der Waals surface area contributed by atoms with E-state index >= 15 is 0 Å². The molecule has 0 unspecified atom stereocenters. The number of rotatable bonds is 2. The van der Waals surface area contributed by atoms with Gasteiger partial charge < -0.3 is 4.74 Å². The molecule has 1 aliphatic carbocycles. The molecular formula is C10H20O2. The minimum absolute atomic E-state index is 0. The van der Waals surface area contributed by atoms with E-state index in [2.05, 4.69) is 0 Å². The molecule has 1 fully saturated rings. The van der Waals surface area contributed by atoms with Gasteiger partial charge in [0.25, 0.3) is 0 Å². The van der Waals surface area contributed by atoms with Crippen molar-refractivity contribution in [2.75, 3.05) is 0 Å². The smallest absolute Gasteiger partial charge is 0.308 e. The van der Waals surface area contributed by atoms with Crippen molar-refractivity contribution in [3.63, 3.8) is 0 Å². The Labute approximate surface area is 75.3 Å². The summed E-state index contributed by atoms with van der Waals surface area (Å²) in [6.45, 7) is 3.74. The molecule has 0 heterocycles. The lowest BCUT2D eigenvalue weighted by molar-refractivity contribution is -0.152. The fourth-order valence-electron chi connectivity index (χ4n) is 1.31. The molecule has 0 bridgehead atoms. The standard InChI is InChI=1S/C9H16O2.CH4/c1-7(2)9(10)11-8-5-3-4-6-8;/h7-8H,3-6H2,1-2H3;1H4. The van der Waals surface area contributed by atoms with E-state index in [0.717, 1.165) is 12.8 Å². The highest BCUT2D eigenvalue weighted by atomic mass is 16.5. The van der Waals surface area contributed by atoms with Crippen LogP contribution in [-0.4, -0.2) is 12.1 Å². The Morgan fingerprint density at radius 1 is 1.33 bits per heavy atom. The molecule has 1 aliphatic rings. The number of esters is 1. The molecule has 0 aliphatic heterocycles. The van der Waals surface area contributed by atoms with Gasteiger partial charge in [0, 0.05) is 0 Å². The predicted octanol–water partition coefficient (Wildman–Crippen LogP) is 2.76. The lowest BCUT2D eigenvalue weighted by Crippen LogP contribution is -2.18. The Bertz CT molecular complexity index is 135. The molecule has 12 heavy (non-hydrogen) atoms. The lowest BCUT2D eigenvalue weighted by atomic mass is 10.2. The van der Waals surface area contributed by atoms with Crippen molar-refractivity contribution in [3.8, 4) is 0 Å². The molecular weight excluding hydrogens is 152 g/mol. The second-order valence-corrected chi connectivity index (χ2v) is 3.50. The zero-order valence-electron chi connectivity index (χ0n) is 7.30. The first-order valence-electron chi connectivity index (χ1n) is 4.40. The van der Waals surface area contributed by atoms with Gasteiger partial charge >= 0.3 is 5.97 Å². The van der Waals surface area contributed by atoms with Crippen LogP contribution in [0.2, 0.25) is 0 Å². The zero-order chi connectivity index (χ0) is 8.27. The van der Waals surface area contributed by atoms with E-state index in [4.69, 9.17) is 4.74 Å². The summed E-state index contributed by atoms with van der Waals surface area (Å²) in [5, 5.41) is 0. The van der Waals surface area contributed by atoms with E-state index < -0.39 is 0 Å². The van der Waals surface area contributed by atoms with Crippen LogP contribution in [0.15, 0.2) is 0 Å². The second kappa shape index (κ2) is 5.18. The maximum Gasteiger partial charge on any atom is 0.308 e. The second-order valence-electron chi connectivity index (χ2n) is 3.50. The average Bonchev–Trinajstić information content (AvgIpc) is 2.39. The Balaban J connectivity index is 0.00000121. The molecule has 0 radical (unpaired) electrons. The van der Waals surface area contributed by atoms with Crippen molar-refractivity contribution in [1.29, 1.82) is 0 Å². The van der Waals surface area contributed by atoms with E-state index in [9.17, 15) is 4.79 Å². The van der Waals surface area contributed by atoms with Crippen LogP contribution in [0.5, 0.6) is 0 Å². The summed E-state index contributed by atoms with van der Waals surface area (Å²) in [6, 6.07) is 0. The molecule has 1 saturated carbocycles. The minimum Gasteiger partial charge on any atom is -0.462 e. The number of carbonyl (C=O) groups excluding carboxylic acids is 1. The number of carbonyl (C=O) groups is 1. The van der Waals surface area contributed by atoms with E-state index in [1.165, 1.54) is 12.8 Å². The van der Waals surface area contributed by atoms with Gasteiger partial charge in [0.05, 0.1) is 5.92 Å². The number of hydrogen-bond acceptors (Lipinski definition) is 2. The van der Waals surface area contributed by atoms with Crippen LogP contribution in [0.4, 0.5) is 0 Å². The summed E-state index contributed by atoms with van der Waals surface area (Å²) < 4.78 is 5.23. The maximum atomic E-state index is 11.1. The van der Waals surface area contributed by atoms with Crippen LogP contribution in [0.25, 0.3) is 0 Å². The minimum atomic E-state index is -0.0445. The van der Waals surface area contributed by atoms with E-state index in [-0.39, 0.29) is 25.4 Å². The zero-order valence-corrected chi connectivity index (χ0v) is 7.30. The molecule has 0 spiro atoms. The van der Waals surface area contributed by atoms with Gasteiger partial charge in [-0.2, -0.15) is 0 Å². The fourth-order valence-corrected chi connectivity index (χ4v) is 1.31. The van der Waals surface area contributed by atoms with Crippen molar-refractivity contribution in [3.05, 3.63) is 0 Å². The van der Waals surface area contributed by atoms with Crippen LogP contribution in [0.1, 0.15) is 47.0 Å². The average molecular weight is 172 g/mol. The van der Waals surface area contributed by atoms with Crippen LogP contribution >= 0.6 is 0 Å². The third-order valence-corrected chi connectivity index (χ3v) is 2.06. The van der Waals surface area contributed by atoms with E-state index in [0.29, 0.717) is 0 Å². The normalized spacial score (nSPS) is 17.6. The molecule has 1 rings (SSSR count). The molecule has 72 valence electrons. The monoisotopic (exact) mass is 172 g/mol. The first kappa shape index (κ1) is 11.5.